The molecule has 148 valence electrons. The minimum absolute atomic E-state index is 0.0608. The van der Waals surface area contributed by atoms with E-state index in [0.29, 0.717) is 0 Å². The molecule has 2 aromatic rings. The Morgan fingerprint density at radius 2 is 1.61 bits per heavy atom. The van der Waals surface area contributed by atoms with Crippen molar-refractivity contribution >= 4 is 27.9 Å². The van der Waals surface area contributed by atoms with Crippen LogP contribution in [0.3, 0.4) is 0 Å². The fourth-order valence-corrected chi connectivity index (χ4v) is 3.45. The summed E-state index contributed by atoms with van der Waals surface area (Å²) in [6.07, 6.45) is 3.52. The summed E-state index contributed by atoms with van der Waals surface area (Å²) in [6.45, 7) is 3.95. The van der Waals surface area contributed by atoms with E-state index in [1.165, 1.54) is 0 Å². The molecule has 0 saturated carbocycles. The van der Waals surface area contributed by atoms with Gasteiger partial charge in [0.1, 0.15) is 11.5 Å². The van der Waals surface area contributed by atoms with Gasteiger partial charge in [-0.05, 0) is 41.5 Å². The molecule has 1 heterocycles. The standard InChI is InChI=1S/C22H25BrN2O3/c1-27-20-13-18(14-21(15-20)28-2)16-24-9-11-25(12-10-24)22(26)8-5-17-3-6-19(23)7-4-17/h3-8,13-15H,9-12,16H2,1-2H3. The summed E-state index contributed by atoms with van der Waals surface area (Å²) in [5.41, 5.74) is 2.16. The number of nitrogens with zero attached hydrogens (tertiary/aromatic N) is 2. The minimum Gasteiger partial charge on any atom is -0.497 e. The Morgan fingerprint density at radius 3 is 2.18 bits per heavy atom. The Hall–Kier alpha value is -2.31. The molecule has 3 rings (SSSR count). The second-order valence-corrected chi connectivity index (χ2v) is 7.62. The summed E-state index contributed by atoms with van der Waals surface area (Å²) < 4.78 is 11.7. The number of piperazine rings is 1. The highest BCUT2D eigenvalue weighted by Gasteiger charge is 2.20. The molecule has 1 amide bonds. The Morgan fingerprint density at radius 1 is 1.00 bits per heavy atom. The Bertz CT molecular complexity index is 806. The highest BCUT2D eigenvalue weighted by molar-refractivity contribution is 9.10. The lowest BCUT2D eigenvalue weighted by atomic mass is 10.1. The van der Waals surface area contributed by atoms with Crippen molar-refractivity contribution in [3.05, 3.63) is 64.1 Å². The largest absolute Gasteiger partial charge is 0.497 e. The van der Waals surface area contributed by atoms with E-state index >= 15 is 0 Å². The summed E-state index contributed by atoms with van der Waals surface area (Å²) >= 11 is 3.42. The normalized spacial score (nSPS) is 15.0. The predicted molar refractivity (Wildman–Crippen MR) is 115 cm³/mol. The number of hydrogen-bond donors (Lipinski definition) is 0. The summed E-state index contributed by atoms with van der Waals surface area (Å²) in [5, 5.41) is 0. The number of carbonyl (C=O) groups excluding carboxylic acids is 1. The lowest BCUT2D eigenvalue weighted by molar-refractivity contribution is -0.127. The predicted octanol–water partition coefficient (Wildman–Crippen LogP) is 3.82. The lowest BCUT2D eigenvalue weighted by Crippen LogP contribution is -2.47. The van der Waals surface area contributed by atoms with Gasteiger partial charge in [0.15, 0.2) is 0 Å². The van der Waals surface area contributed by atoms with Gasteiger partial charge in [0, 0.05) is 49.3 Å². The molecule has 0 radical (unpaired) electrons. The monoisotopic (exact) mass is 444 g/mol. The molecule has 5 nitrogen and oxygen atoms in total. The molecule has 2 aromatic carbocycles. The number of benzene rings is 2. The molecule has 0 unspecified atom stereocenters. The highest BCUT2D eigenvalue weighted by atomic mass is 79.9. The van der Waals surface area contributed by atoms with Crippen molar-refractivity contribution in [2.24, 2.45) is 0 Å². The van der Waals surface area contributed by atoms with Crippen LogP contribution in [0.4, 0.5) is 0 Å². The zero-order valence-corrected chi connectivity index (χ0v) is 17.8. The summed E-state index contributed by atoms with van der Waals surface area (Å²) in [7, 11) is 3.31. The molecule has 0 spiro atoms. The van der Waals surface area contributed by atoms with E-state index in [1.807, 2.05) is 53.4 Å². The Labute approximate surface area is 174 Å². The van der Waals surface area contributed by atoms with Crippen LogP contribution in [0.15, 0.2) is 53.0 Å². The molecular formula is C22H25BrN2O3. The van der Waals surface area contributed by atoms with Crippen molar-refractivity contribution in [3.8, 4) is 11.5 Å². The molecule has 1 aliphatic rings. The van der Waals surface area contributed by atoms with Crippen LogP contribution in [0, 0.1) is 0 Å². The second kappa shape index (κ2) is 9.75. The number of amides is 1. The second-order valence-electron chi connectivity index (χ2n) is 6.71. The van der Waals surface area contributed by atoms with Gasteiger partial charge in [-0.2, -0.15) is 0 Å². The number of carbonyl (C=O) groups is 1. The average molecular weight is 445 g/mol. The molecule has 1 fully saturated rings. The third kappa shape index (κ3) is 5.59. The van der Waals surface area contributed by atoms with Gasteiger partial charge >= 0.3 is 0 Å². The molecule has 0 aromatic heterocycles. The van der Waals surface area contributed by atoms with Crippen molar-refractivity contribution in [3.63, 3.8) is 0 Å². The molecular weight excluding hydrogens is 420 g/mol. The third-order valence-corrected chi connectivity index (χ3v) is 5.32. The van der Waals surface area contributed by atoms with Crippen LogP contribution in [0.25, 0.3) is 6.08 Å². The average Bonchev–Trinajstić information content (AvgIpc) is 2.73. The van der Waals surface area contributed by atoms with Crippen molar-refractivity contribution in [2.75, 3.05) is 40.4 Å². The van der Waals surface area contributed by atoms with E-state index in [4.69, 9.17) is 9.47 Å². The first kappa shape index (κ1) is 20.4. The fraction of sp³-hybridized carbons (Fsp3) is 0.318. The van der Waals surface area contributed by atoms with Gasteiger partial charge < -0.3 is 14.4 Å². The topological polar surface area (TPSA) is 42.0 Å². The molecule has 6 heteroatoms. The lowest BCUT2D eigenvalue weighted by Gasteiger charge is -2.34. The Kier molecular flexibility index (Phi) is 7.12. The molecule has 0 bridgehead atoms. The van der Waals surface area contributed by atoms with Crippen molar-refractivity contribution in [1.29, 1.82) is 0 Å². The number of halogens is 1. The van der Waals surface area contributed by atoms with Gasteiger partial charge in [0.2, 0.25) is 5.91 Å². The van der Waals surface area contributed by atoms with Gasteiger partial charge in [-0.1, -0.05) is 28.1 Å². The first-order chi connectivity index (χ1) is 13.6. The maximum atomic E-state index is 12.4. The summed E-state index contributed by atoms with van der Waals surface area (Å²) in [6, 6.07) is 13.8. The molecule has 28 heavy (non-hydrogen) atoms. The van der Waals surface area contributed by atoms with Crippen LogP contribution in [0.2, 0.25) is 0 Å². The SMILES string of the molecule is COc1cc(CN2CCN(C(=O)C=Cc3ccc(Br)cc3)CC2)cc(OC)c1. The first-order valence-electron chi connectivity index (χ1n) is 9.24. The van der Waals surface area contributed by atoms with E-state index in [0.717, 1.165) is 59.8 Å². The maximum absolute atomic E-state index is 12.4. The molecule has 1 saturated heterocycles. The van der Waals surface area contributed by atoms with Gasteiger partial charge in [0.05, 0.1) is 14.2 Å². The van der Waals surface area contributed by atoms with E-state index in [2.05, 4.69) is 20.8 Å². The van der Waals surface area contributed by atoms with Crippen molar-refractivity contribution < 1.29 is 14.3 Å². The van der Waals surface area contributed by atoms with Crippen molar-refractivity contribution in [1.82, 2.24) is 9.80 Å². The van der Waals surface area contributed by atoms with Crippen LogP contribution in [0.1, 0.15) is 11.1 Å². The van der Waals surface area contributed by atoms with Crippen molar-refractivity contribution in [2.45, 2.75) is 6.54 Å². The van der Waals surface area contributed by atoms with Gasteiger partial charge in [0.25, 0.3) is 0 Å². The van der Waals surface area contributed by atoms with E-state index in [1.54, 1.807) is 20.3 Å². The minimum atomic E-state index is 0.0608. The number of hydrogen-bond acceptors (Lipinski definition) is 4. The van der Waals surface area contributed by atoms with E-state index < -0.39 is 0 Å². The first-order valence-corrected chi connectivity index (χ1v) is 10.0. The van der Waals surface area contributed by atoms with Crippen LogP contribution in [-0.4, -0.2) is 56.1 Å². The molecule has 0 N–H and O–H groups in total. The van der Waals surface area contributed by atoms with Crippen LogP contribution in [-0.2, 0) is 11.3 Å². The molecule has 0 aliphatic carbocycles. The van der Waals surface area contributed by atoms with Crippen LogP contribution >= 0.6 is 15.9 Å². The van der Waals surface area contributed by atoms with Crippen LogP contribution in [0.5, 0.6) is 11.5 Å². The number of methoxy groups -OCH3 is 2. The number of rotatable bonds is 6. The highest BCUT2D eigenvalue weighted by Crippen LogP contribution is 2.23. The fourth-order valence-electron chi connectivity index (χ4n) is 3.19. The van der Waals surface area contributed by atoms with Crippen LogP contribution < -0.4 is 9.47 Å². The zero-order valence-electron chi connectivity index (χ0n) is 16.2. The number of ether oxygens (including phenoxy) is 2. The smallest absolute Gasteiger partial charge is 0.246 e. The van der Waals surface area contributed by atoms with E-state index in [9.17, 15) is 4.79 Å². The third-order valence-electron chi connectivity index (χ3n) is 4.79. The van der Waals surface area contributed by atoms with Gasteiger partial charge in [-0.15, -0.1) is 0 Å². The molecule has 0 atom stereocenters. The molecule has 1 aliphatic heterocycles. The quantitative estimate of drug-likeness (QED) is 0.635. The van der Waals surface area contributed by atoms with E-state index in [-0.39, 0.29) is 5.91 Å². The van der Waals surface area contributed by atoms with Gasteiger partial charge in [-0.3, -0.25) is 9.69 Å². The summed E-state index contributed by atoms with van der Waals surface area (Å²) in [4.78, 5) is 16.7. The Balaban J connectivity index is 1.52. The van der Waals surface area contributed by atoms with Gasteiger partial charge in [-0.25, -0.2) is 0 Å². The zero-order chi connectivity index (χ0) is 19.9. The maximum Gasteiger partial charge on any atom is 0.246 e. The summed E-state index contributed by atoms with van der Waals surface area (Å²) in [5.74, 6) is 1.65.